The van der Waals surface area contributed by atoms with Gasteiger partial charge in [0.1, 0.15) is 0 Å². The van der Waals surface area contributed by atoms with Crippen LogP contribution in [0.5, 0.6) is 0 Å². The molecule has 0 heterocycles. The molecule has 1 unspecified atom stereocenters. The Morgan fingerprint density at radius 1 is 1.75 bits per heavy atom. The standard InChI is InChI=1S/C6H11O5P/c1-3-5-10-12(8,9)11-6(7)4-2/h4H,2-3,5H2,1H3,(H,8,9). The van der Waals surface area contributed by atoms with Crippen molar-refractivity contribution in [2.24, 2.45) is 0 Å². The maximum absolute atomic E-state index is 10.8. The molecule has 70 valence electrons. The van der Waals surface area contributed by atoms with E-state index in [2.05, 4.69) is 15.6 Å². The number of hydrogen-bond donors (Lipinski definition) is 1. The van der Waals surface area contributed by atoms with E-state index in [0.29, 0.717) is 6.42 Å². The summed E-state index contributed by atoms with van der Waals surface area (Å²) >= 11 is 0. The van der Waals surface area contributed by atoms with Gasteiger partial charge in [-0.1, -0.05) is 13.5 Å². The SMILES string of the molecule is C=CC(=O)OP(=O)(O)OCCC. The second-order valence-corrected chi connectivity index (χ2v) is 3.29. The molecule has 0 aromatic carbocycles. The molecule has 0 bridgehead atoms. The lowest BCUT2D eigenvalue weighted by Gasteiger charge is -2.08. The van der Waals surface area contributed by atoms with Crippen LogP contribution in [-0.2, 0) is 18.4 Å². The third kappa shape index (κ3) is 5.07. The molecule has 0 aliphatic carbocycles. The normalized spacial score (nSPS) is 14.8. The van der Waals surface area contributed by atoms with Gasteiger partial charge in [0.25, 0.3) is 0 Å². The van der Waals surface area contributed by atoms with Gasteiger partial charge in [0.2, 0.25) is 0 Å². The summed E-state index contributed by atoms with van der Waals surface area (Å²) in [6.07, 6.45) is 1.36. The van der Waals surface area contributed by atoms with Crippen LogP contribution in [0.25, 0.3) is 0 Å². The predicted molar refractivity (Wildman–Crippen MR) is 42.4 cm³/mol. The van der Waals surface area contributed by atoms with E-state index in [-0.39, 0.29) is 6.61 Å². The zero-order valence-corrected chi connectivity index (χ0v) is 7.62. The minimum absolute atomic E-state index is 0.0677. The molecule has 5 nitrogen and oxygen atoms in total. The van der Waals surface area contributed by atoms with Gasteiger partial charge in [0.05, 0.1) is 6.61 Å². The molecule has 0 rings (SSSR count). The van der Waals surface area contributed by atoms with Crippen LogP contribution < -0.4 is 0 Å². The lowest BCUT2D eigenvalue weighted by molar-refractivity contribution is -0.130. The predicted octanol–water partition coefficient (Wildman–Crippen LogP) is 1.24. The summed E-state index contributed by atoms with van der Waals surface area (Å²) in [5.41, 5.74) is 0. The number of phosphoric ester groups is 1. The number of hydrogen-bond acceptors (Lipinski definition) is 4. The molecule has 0 saturated carbocycles. The summed E-state index contributed by atoms with van der Waals surface area (Å²) < 4.78 is 19.2. The Kier molecular flexibility index (Phi) is 4.81. The van der Waals surface area contributed by atoms with Crippen molar-refractivity contribution in [3.8, 4) is 0 Å². The highest BCUT2D eigenvalue weighted by molar-refractivity contribution is 7.48. The third-order valence-corrected chi connectivity index (χ3v) is 1.75. The summed E-state index contributed by atoms with van der Waals surface area (Å²) in [7, 11) is -4.20. The van der Waals surface area contributed by atoms with Crippen molar-refractivity contribution in [1.29, 1.82) is 0 Å². The fourth-order valence-corrected chi connectivity index (χ4v) is 1.15. The Hall–Kier alpha value is -0.640. The van der Waals surface area contributed by atoms with E-state index < -0.39 is 13.8 Å². The quantitative estimate of drug-likeness (QED) is 0.526. The molecule has 1 N–H and O–H groups in total. The van der Waals surface area contributed by atoms with Crippen molar-refractivity contribution < 1.29 is 23.3 Å². The molecule has 0 aliphatic heterocycles. The largest absolute Gasteiger partial charge is 0.529 e. The Morgan fingerprint density at radius 2 is 2.33 bits per heavy atom. The van der Waals surface area contributed by atoms with Crippen LogP contribution in [-0.4, -0.2) is 17.5 Å². The average molecular weight is 194 g/mol. The van der Waals surface area contributed by atoms with Gasteiger partial charge in [0.15, 0.2) is 0 Å². The van der Waals surface area contributed by atoms with E-state index in [0.717, 1.165) is 6.08 Å². The van der Waals surface area contributed by atoms with Crippen molar-refractivity contribution in [1.82, 2.24) is 0 Å². The first kappa shape index (κ1) is 11.4. The van der Waals surface area contributed by atoms with Gasteiger partial charge in [-0.2, -0.15) is 0 Å². The molecule has 6 heteroatoms. The van der Waals surface area contributed by atoms with E-state index in [1.165, 1.54) is 0 Å². The zero-order chi connectivity index (χ0) is 9.61. The van der Waals surface area contributed by atoms with Crippen LogP contribution in [0.1, 0.15) is 13.3 Å². The third-order valence-electron chi connectivity index (χ3n) is 0.831. The smallest absolute Gasteiger partial charge is 0.367 e. The van der Waals surface area contributed by atoms with Crippen LogP contribution >= 0.6 is 7.82 Å². The van der Waals surface area contributed by atoms with E-state index in [9.17, 15) is 9.36 Å². The summed E-state index contributed by atoms with van der Waals surface area (Å²) in [4.78, 5) is 19.2. The molecular formula is C6H11O5P. The molecule has 12 heavy (non-hydrogen) atoms. The zero-order valence-electron chi connectivity index (χ0n) is 6.73. The molecule has 0 radical (unpaired) electrons. The Balaban J connectivity index is 3.95. The van der Waals surface area contributed by atoms with E-state index in [4.69, 9.17) is 4.89 Å². The fourth-order valence-electron chi connectivity index (χ4n) is 0.384. The monoisotopic (exact) mass is 194 g/mol. The van der Waals surface area contributed by atoms with Gasteiger partial charge in [-0.05, 0) is 6.42 Å². The Morgan fingerprint density at radius 3 is 2.75 bits per heavy atom. The number of carbonyl (C=O) groups is 1. The van der Waals surface area contributed by atoms with Crippen LogP contribution in [0.2, 0.25) is 0 Å². The first-order valence-electron chi connectivity index (χ1n) is 3.35. The molecule has 0 fully saturated rings. The summed E-state index contributed by atoms with van der Waals surface area (Å²) in [6, 6.07) is 0. The highest BCUT2D eigenvalue weighted by atomic mass is 31.2. The van der Waals surface area contributed by atoms with Crippen LogP contribution in [0.3, 0.4) is 0 Å². The second kappa shape index (κ2) is 5.09. The number of phosphoric acid groups is 1. The van der Waals surface area contributed by atoms with Gasteiger partial charge >= 0.3 is 13.8 Å². The lowest BCUT2D eigenvalue weighted by Crippen LogP contribution is -2.01. The number of rotatable bonds is 5. The molecule has 0 aromatic rings. The molecule has 0 saturated heterocycles. The molecule has 0 aliphatic rings. The highest BCUT2D eigenvalue weighted by Gasteiger charge is 2.23. The van der Waals surface area contributed by atoms with E-state index >= 15 is 0 Å². The van der Waals surface area contributed by atoms with Gasteiger partial charge in [-0.25, -0.2) is 9.36 Å². The molecule has 0 spiro atoms. The van der Waals surface area contributed by atoms with Crippen molar-refractivity contribution in [3.05, 3.63) is 12.7 Å². The van der Waals surface area contributed by atoms with E-state index in [1.807, 2.05) is 0 Å². The number of carbonyl (C=O) groups excluding carboxylic acids is 1. The van der Waals surface area contributed by atoms with Crippen molar-refractivity contribution >= 4 is 13.8 Å². The van der Waals surface area contributed by atoms with Gasteiger partial charge in [-0.3, -0.25) is 9.42 Å². The van der Waals surface area contributed by atoms with Gasteiger partial charge < -0.3 is 4.52 Å². The van der Waals surface area contributed by atoms with Gasteiger partial charge in [-0.15, -0.1) is 0 Å². The Bertz CT molecular complexity index is 212. The molecular weight excluding hydrogens is 183 g/mol. The summed E-state index contributed by atoms with van der Waals surface area (Å²) in [6.45, 7) is 4.89. The lowest BCUT2D eigenvalue weighted by atomic mass is 10.5. The first-order chi connectivity index (χ1) is 5.52. The summed E-state index contributed by atoms with van der Waals surface area (Å²) in [5, 5.41) is 0. The average Bonchev–Trinajstić information content (AvgIpc) is 2.00. The van der Waals surface area contributed by atoms with Crippen LogP contribution in [0.15, 0.2) is 12.7 Å². The fraction of sp³-hybridized carbons (Fsp3) is 0.500. The Labute approximate surface area is 70.6 Å². The minimum Gasteiger partial charge on any atom is -0.367 e. The second-order valence-electron chi connectivity index (χ2n) is 1.92. The molecule has 0 amide bonds. The van der Waals surface area contributed by atoms with E-state index in [1.54, 1.807) is 6.92 Å². The molecule has 0 aromatic heterocycles. The minimum atomic E-state index is -4.20. The first-order valence-corrected chi connectivity index (χ1v) is 4.84. The summed E-state index contributed by atoms with van der Waals surface area (Å²) in [5.74, 6) is -0.975. The van der Waals surface area contributed by atoms with Gasteiger partial charge in [0, 0.05) is 6.08 Å². The topological polar surface area (TPSA) is 72.8 Å². The molecule has 1 atom stereocenters. The maximum atomic E-state index is 10.8. The van der Waals surface area contributed by atoms with Crippen LogP contribution in [0, 0.1) is 0 Å². The van der Waals surface area contributed by atoms with Crippen molar-refractivity contribution in [2.45, 2.75) is 13.3 Å². The highest BCUT2D eigenvalue weighted by Crippen LogP contribution is 2.43. The van der Waals surface area contributed by atoms with Crippen molar-refractivity contribution in [3.63, 3.8) is 0 Å². The van der Waals surface area contributed by atoms with Crippen molar-refractivity contribution in [2.75, 3.05) is 6.61 Å². The maximum Gasteiger partial charge on any atom is 0.529 e. The van der Waals surface area contributed by atoms with Crippen LogP contribution in [0.4, 0.5) is 0 Å².